The second-order valence-corrected chi connectivity index (χ2v) is 6.63. The van der Waals surface area contributed by atoms with Crippen molar-refractivity contribution in [2.75, 3.05) is 7.11 Å². The lowest BCUT2D eigenvalue weighted by molar-refractivity contribution is 0.0597. The predicted octanol–water partition coefficient (Wildman–Crippen LogP) is 2.12. The zero-order valence-electron chi connectivity index (χ0n) is 6.78. The maximum Gasteiger partial charge on any atom is 0.340 e. The van der Waals surface area contributed by atoms with Gasteiger partial charge in [0.15, 0.2) is 4.21 Å². The van der Waals surface area contributed by atoms with E-state index in [1.807, 2.05) is 0 Å². The quantitative estimate of drug-likeness (QED) is 0.612. The summed E-state index contributed by atoms with van der Waals surface area (Å²) < 4.78 is 26.2. The fraction of sp³-hybridized carbons (Fsp3) is 0.167. The van der Waals surface area contributed by atoms with Gasteiger partial charge in [-0.05, 0) is 6.07 Å². The van der Waals surface area contributed by atoms with Gasteiger partial charge in [0.1, 0.15) is 0 Å². The molecule has 0 spiro atoms. The van der Waals surface area contributed by atoms with E-state index in [9.17, 15) is 13.2 Å². The lowest BCUT2D eigenvalue weighted by atomic mass is 10.3. The molecule has 0 radical (unpaired) electrons. The summed E-state index contributed by atoms with van der Waals surface area (Å²) in [6.45, 7) is 0. The van der Waals surface area contributed by atoms with Gasteiger partial charge in [-0.3, -0.25) is 0 Å². The molecule has 0 unspecified atom stereocenters. The molecule has 1 aromatic heterocycles. The van der Waals surface area contributed by atoms with Crippen LogP contribution in [0.25, 0.3) is 0 Å². The summed E-state index contributed by atoms with van der Waals surface area (Å²) in [5, 5.41) is 0. The zero-order chi connectivity index (χ0) is 10.9. The van der Waals surface area contributed by atoms with Gasteiger partial charge in [0.05, 0.1) is 17.0 Å². The first-order chi connectivity index (χ1) is 6.36. The fourth-order valence-electron chi connectivity index (χ4n) is 0.779. The number of carbonyl (C=O) groups is 1. The molecular formula is C6H4Cl2O4S2. The Labute approximate surface area is 93.8 Å². The Balaban J connectivity index is 3.38. The van der Waals surface area contributed by atoms with Gasteiger partial charge >= 0.3 is 5.97 Å². The van der Waals surface area contributed by atoms with Crippen molar-refractivity contribution in [1.29, 1.82) is 0 Å². The van der Waals surface area contributed by atoms with Crippen molar-refractivity contribution in [1.82, 2.24) is 0 Å². The van der Waals surface area contributed by atoms with Gasteiger partial charge in [0.25, 0.3) is 9.05 Å². The van der Waals surface area contributed by atoms with Crippen LogP contribution in [0.5, 0.6) is 0 Å². The van der Waals surface area contributed by atoms with Crippen LogP contribution in [0.2, 0.25) is 4.34 Å². The normalized spacial score (nSPS) is 11.4. The second kappa shape index (κ2) is 4.06. The Kier molecular flexibility index (Phi) is 3.41. The molecule has 0 aliphatic heterocycles. The highest BCUT2D eigenvalue weighted by atomic mass is 35.7. The van der Waals surface area contributed by atoms with Crippen molar-refractivity contribution in [3.63, 3.8) is 0 Å². The van der Waals surface area contributed by atoms with Gasteiger partial charge in [-0.2, -0.15) is 0 Å². The Morgan fingerprint density at radius 1 is 1.57 bits per heavy atom. The Morgan fingerprint density at radius 3 is 2.57 bits per heavy atom. The average Bonchev–Trinajstić information content (AvgIpc) is 2.45. The van der Waals surface area contributed by atoms with E-state index in [2.05, 4.69) is 4.74 Å². The monoisotopic (exact) mass is 274 g/mol. The smallest absolute Gasteiger partial charge is 0.340 e. The molecule has 0 saturated heterocycles. The second-order valence-electron chi connectivity index (χ2n) is 2.18. The summed E-state index contributed by atoms with van der Waals surface area (Å²) in [7, 11) is 2.27. The summed E-state index contributed by atoms with van der Waals surface area (Å²) in [6, 6.07) is 1.20. The third-order valence-corrected chi connectivity index (χ3v) is 4.66. The molecule has 1 rings (SSSR count). The van der Waals surface area contributed by atoms with Crippen LogP contribution >= 0.6 is 33.6 Å². The van der Waals surface area contributed by atoms with Crippen molar-refractivity contribution >= 4 is 48.6 Å². The third kappa shape index (κ3) is 2.38. The van der Waals surface area contributed by atoms with Gasteiger partial charge in [-0.1, -0.05) is 11.6 Å². The molecule has 1 aromatic rings. The molecule has 0 aliphatic carbocycles. The lowest BCUT2D eigenvalue weighted by Crippen LogP contribution is -2.03. The molecule has 1 heterocycles. The van der Waals surface area contributed by atoms with Crippen molar-refractivity contribution < 1.29 is 17.9 Å². The number of esters is 1. The summed E-state index contributed by atoms with van der Waals surface area (Å²) in [5.41, 5.74) is -0.141. The minimum atomic E-state index is -3.96. The van der Waals surface area contributed by atoms with Crippen LogP contribution in [-0.4, -0.2) is 21.5 Å². The van der Waals surface area contributed by atoms with Gasteiger partial charge in [-0.15, -0.1) is 11.3 Å². The lowest BCUT2D eigenvalue weighted by Gasteiger charge is -1.96. The molecule has 0 saturated carbocycles. The van der Waals surface area contributed by atoms with Gasteiger partial charge in [0, 0.05) is 10.7 Å². The Hall–Kier alpha value is -0.300. The van der Waals surface area contributed by atoms with Crippen molar-refractivity contribution in [3.05, 3.63) is 16.0 Å². The van der Waals surface area contributed by atoms with E-state index in [1.54, 1.807) is 0 Å². The van der Waals surface area contributed by atoms with E-state index < -0.39 is 15.0 Å². The Bertz CT molecular complexity index is 462. The average molecular weight is 275 g/mol. The largest absolute Gasteiger partial charge is 0.465 e. The van der Waals surface area contributed by atoms with Crippen LogP contribution in [-0.2, 0) is 13.8 Å². The van der Waals surface area contributed by atoms with E-state index >= 15 is 0 Å². The maximum absolute atomic E-state index is 11.1. The zero-order valence-corrected chi connectivity index (χ0v) is 9.93. The van der Waals surface area contributed by atoms with Gasteiger partial charge in [-0.25, -0.2) is 13.2 Å². The van der Waals surface area contributed by atoms with E-state index in [4.69, 9.17) is 22.3 Å². The van der Waals surface area contributed by atoms with Crippen molar-refractivity contribution in [2.24, 2.45) is 0 Å². The molecule has 0 amide bonds. The number of halogens is 2. The highest BCUT2D eigenvalue weighted by Crippen LogP contribution is 2.33. The first-order valence-corrected chi connectivity index (χ1v) is 6.69. The summed E-state index contributed by atoms with van der Waals surface area (Å²) in [5.74, 6) is -0.785. The summed E-state index contributed by atoms with van der Waals surface area (Å²) in [4.78, 5) is 11.1. The SMILES string of the molecule is COC(=O)c1cc(Cl)sc1S(=O)(=O)Cl. The minimum Gasteiger partial charge on any atom is -0.465 e. The van der Waals surface area contributed by atoms with E-state index in [-0.39, 0.29) is 14.1 Å². The van der Waals surface area contributed by atoms with E-state index in [0.717, 1.165) is 7.11 Å². The third-order valence-electron chi connectivity index (χ3n) is 1.29. The molecule has 78 valence electrons. The van der Waals surface area contributed by atoms with Crippen molar-refractivity contribution in [2.45, 2.75) is 4.21 Å². The molecular weight excluding hydrogens is 271 g/mol. The topological polar surface area (TPSA) is 60.4 Å². The molecule has 14 heavy (non-hydrogen) atoms. The molecule has 0 aliphatic rings. The standard InChI is InChI=1S/C6H4Cl2O4S2/c1-12-5(9)3-2-4(7)13-6(3)14(8,10)11/h2H,1H3. The molecule has 4 nitrogen and oxygen atoms in total. The van der Waals surface area contributed by atoms with Gasteiger partial charge in [0.2, 0.25) is 0 Å². The summed E-state index contributed by atoms with van der Waals surface area (Å²) >= 11 is 6.27. The van der Waals surface area contributed by atoms with Crippen LogP contribution in [0, 0.1) is 0 Å². The number of rotatable bonds is 2. The highest BCUT2D eigenvalue weighted by molar-refractivity contribution is 8.15. The highest BCUT2D eigenvalue weighted by Gasteiger charge is 2.24. The van der Waals surface area contributed by atoms with E-state index in [0.29, 0.717) is 11.3 Å². The van der Waals surface area contributed by atoms with Crippen LogP contribution in [0.4, 0.5) is 0 Å². The first kappa shape index (κ1) is 11.8. The number of methoxy groups -OCH3 is 1. The molecule has 0 bridgehead atoms. The molecule has 0 fully saturated rings. The predicted molar refractivity (Wildman–Crippen MR) is 53.7 cm³/mol. The van der Waals surface area contributed by atoms with Crippen molar-refractivity contribution in [3.8, 4) is 0 Å². The van der Waals surface area contributed by atoms with Crippen LogP contribution in [0.15, 0.2) is 10.3 Å². The Morgan fingerprint density at radius 2 is 2.14 bits per heavy atom. The maximum atomic E-state index is 11.1. The number of thiophene rings is 1. The molecule has 8 heteroatoms. The number of hydrogen-bond donors (Lipinski definition) is 0. The van der Waals surface area contributed by atoms with E-state index in [1.165, 1.54) is 6.07 Å². The van der Waals surface area contributed by atoms with Crippen LogP contribution in [0.3, 0.4) is 0 Å². The fourth-order valence-corrected chi connectivity index (χ4v) is 3.47. The molecule has 0 N–H and O–H groups in total. The number of ether oxygens (including phenoxy) is 1. The molecule has 0 aromatic carbocycles. The van der Waals surface area contributed by atoms with Crippen LogP contribution < -0.4 is 0 Å². The minimum absolute atomic E-state index is 0.141. The van der Waals surface area contributed by atoms with Crippen LogP contribution in [0.1, 0.15) is 10.4 Å². The number of hydrogen-bond acceptors (Lipinski definition) is 5. The first-order valence-electron chi connectivity index (χ1n) is 3.18. The van der Waals surface area contributed by atoms with Gasteiger partial charge < -0.3 is 4.74 Å². The molecule has 0 atom stereocenters. The summed E-state index contributed by atoms with van der Waals surface area (Å²) in [6.07, 6.45) is 0. The number of carbonyl (C=O) groups excluding carboxylic acids is 1.